The molecule has 1 amide bonds. The monoisotopic (exact) mass is 409 g/mol. The third-order valence-electron chi connectivity index (χ3n) is 4.38. The van der Waals surface area contributed by atoms with Crippen LogP contribution in [0.2, 0.25) is 0 Å². The Kier molecular flexibility index (Phi) is 9.56. The first-order valence-corrected chi connectivity index (χ1v) is 10.1. The van der Waals surface area contributed by atoms with Crippen molar-refractivity contribution < 1.29 is 28.6 Å². The van der Waals surface area contributed by atoms with Gasteiger partial charge in [-0.1, -0.05) is 6.08 Å². The third kappa shape index (κ3) is 10.3. The van der Waals surface area contributed by atoms with Crippen LogP contribution in [0.3, 0.4) is 0 Å². The Morgan fingerprint density at radius 2 is 1.86 bits per heavy atom. The highest BCUT2D eigenvalue weighted by atomic mass is 16.6. The minimum Gasteiger partial charge on any atom is -0.459 e. The SMILES string of the molecule is CC(=O)O[C@@H](C)/C=C\C(=O)N[C@@H]1CC[C@H](C/C=C(\C)C(=O)OC(C)(C)C)O[C@@H]1C. The molecule has 0 radical (unpaired) electrons. The summed E-state index contributed by atoms with van der Waals surface area (Å²) in [5, 5.41) is 2.93. The highest BCUT2D eigenvalue weighted by molar-refractivity contribution is 5.88. The van der Waals surface area contributed by atoms with Crippen LogP contribution in [-0.2, 0) is 28.6 Å². The first-order chi connectivity index (χ1) is 13.4. The molecule has 1 aliphatic heterocycles. The second-order valence-electron chi connectivity index (χ2n) is 8.45. The second-order valence-corrected chi connectivity index (χ2v) is 8.45. The minimum absolute atomic E-state index is 0.00457. The van der Waals surface area contributed by atoms with Crippen LogP contribution in [0.15, 0.2) is 23.8 Å². The summed E-state index contributed by atoms with van der Waals surface area (Å²) in [7, 11) is 0. The van der Waals surface area contributed by atoms with Crippen LogP contribution >= 0.6 is 0 Å². The van der Waals surface area contributed by atoms with E-state index in [1.165, 1.54) is 19.1 Å². The van der Waals surface area contributed by atoms with Crippen molar-refractivity contribution in [2.45, 2.75) is 97.7 Å². The molecule has 29 heavy (non-hydrogen) atoms. The van der Waals surface area contributed by atoms with Crippen LogP contribution in [0.1, 0.15) is 67.7 Å². The maximum Gasteiger partial charge on any atom is 0.333 e. The average Bonchev–Trinajstić information content (AvgIpc) is 2.58. The standard InChI is InChI=1S/C22H35NO6/c1-14(21(26)29-22(5,6)7)8-10-18-11-12-19(16(3)28-18)23-20(25)13-9-15(2)27-17(4)24/h8-9,13,15-16,18-19H,10-12H2,1-7H3,(H,23,25)/b13-9-,14-8+/t15-,16+,18-,19+/m0/s1. The third-order valence-corrected chi connectivity index (χ3v) is 4.38. The number of rotatable bonds is 7. The van der Waals surface area contributed by atoms with Gasteiger partial charge in [0.1, 0.15) is 11.7 Å². The van der Waals surface area contributed by atoms with Gasteiger partial charge in [0.05, 0.1) is 18.2 Å². The van der Waals surface area contributed by atoms with Crippen molar-refractivity contribution in [1.82, 2.24) is 5.32 Å². The van der Waals surface area contributed by atoms with Gasteiger partial charge in [0.2, 0.25) is 5.91 Å². The summed E-state index contributed by atoms with van der Waals surface area (Å²) in [5.74, 6) is -0.955. The predicted octanol–water partition coefficient (Wildman–Crippen LogP) is 3.22. The van der Waals surface area contributed by atoms with Gasteiger partial charge in [-0.05, 0) is 66.9 Å². The highest BCUT2D eigenvalue weighted by Crippen LogP contribution is 2.23. The molecule has 7 heteroatoms. The smallest absolute Gasteiger partial charge is 0.333 e. The molecule has 164 valence electrons. The molecule has 1 heterocycles. The summed E-state index contributed by atoms with van der Waals surface area (Å²) in [6, 6.07) is -0.0941. The Hall–Kier alpha value is -2.15. The zero-order chi connectivity index (χ0) is 22.2. The van der Waals surface area contributed by atoms with E-state index in [9.17, 15) is 14.4 Å². The van der Waals surface area contributed by atoms with E-state index in [4.69, 9.17) is 14.2 Å². The second kappa shape index (κ2) is 11.1. The van der Waals surface area contributed by atoms with E-state index in [-0.39, 0.29) is 36.1 Å². The zero-order valence-electron chi connectivity index (χ0n) is 18.6. The van der Waals surface area contributed by atoms with Crippen LogP contribution < -0.4 is 5.32 Å². The molecule has 0 spiro atoms. The van der Waals surface area contributed by atoms with Crippen molar-refractivity contribution in [3.8, 4) is 0 Å². The first-order valence-electron chi connectivity index (χ1n) is 10.1. The van der Waals surface area contributed by atoms with E-state index >= 15 is 0 Å². The first kappa shape index (κ1) is 24.9. The maximum atomic E-state index is 12.1. The van der Waals surface area contributed by atoms with Crippen LogP contribution in [0.4, 0.5) is 0 Å². The summed E-state index contributed by atoms with van der Waals surface area (Å²) in [6.07, 6.45) is 6.34. The van der Waals surface area contributed by atoms with Crippen LogP contribution in [0.5, 0.6) is 0 Å². The van der Waals surface area contributed by atoms with Gasteiger partial charge in [0.25, 0.3) is 0 Å². The van der Waals surface area contributed by atoms with Crippen molar-refractivity contribution in [2.24, 2.45) is 0 Å². The van der Waals surface area contributed by atoms with Crippen LogP contribution in [-0.4, -0.2) is 47.8 Å². The Balaban J connectivity index is 2.47. The topological polar surface area (TPSA) is 90.9 Å². The molecule has 1 saturated heterocycles. The van der Waals surface area contributed by atoms with Gasteiger partial charge in [-0.25, -0.2) is 4.79 Å². The van der Waals surface area contributed by atoms with E-state index in [1.807, 2.05) is 33.8 Å². The molecule has 4 atom stereocenters. The quantitative estimate of drug-likeness (QED) is 0.513. The summed E-state index contributed by atoms with van der Waals surface area (Å²) in [4.78, 5) is 35.0. The van der Waals surface area contributed by atoms with Crippen molar-refractivity contribution in [3.63, 3.8) is 0 Å². The molecule has 0 unspecified atom stereocenters. The molecule has 0 bridgehead atoms. The number of amides is 1. The van der Waals surface area contributed by atoms with Gasteiger partial charge < -0.3 is 19.5 Å². The number of hydrogen-bond donors (Lipinski definition) is 1. The molecule has 0 aromatic rings. The van der Waals surface area contributed by atoms with E-state index in [0.29, 0.717) is 12.0 Å². The fourth-order valence-corrected chi connectivity index (χ4v) is 2.93. The summed E-state index contributed by atoms with van der Waals surface area (Å²) in [6.45, 7) is 12.2. The molecular weight excluding hydrogens is 374 g/mol. The fraction of sp³-hybridized carbons (Fsp3) is 0.682. The normalized spacial score (nSPS) is 24.1. The Labute approximate surface area is 173 Å². The predicted molar refractivity (Wildman–Crippen MR) is 110 cm³/mol. The molecular formula is C22H35NO6. The summed E-state index contributed by atoms with van der Waals surface area (Å²) in [5.41, 5.74) is 0.0522. The molecule has 1 fully saturated rings. The minimum atomic E-state index is -0.516. The summed E-state index contributed by atoms with van der Waals surface area (Å²) < 4.78 is 16.3. The molecule has 0 aromatic heterocycles. The fourth-order valence-electron chi connectivity index (χ4n) is 2.93. The number of ether oxygens (including phenoxy) is 3. The molecule has 1 N–H and O–H groups in total. The lowest BCUT2D eigenvalue weighted by Crippen LogP contribution is -2.47. The highest BCUT2D eigenvalue weighted by Gasteiger charge is 2.28. The van der Waals surface area contributed by atoms with Crippen molar-refractivity contribution in [1.29, 1.82) is 0 Å². The zero-order valence-corrected chi connectivity index (χ0v) is 18.6. The number of nitrogens with one attached hydrogen (secondary N) is 1. The average molecular weight is 410 g/mol. The van der Waals surface area contributed by atoms with E-state index in [2.05, 4.69) is 5.32 Å². The Morgan fingerprint density at radius 1 is 1.21 bits per heavy atom. The summed E-state index contributed by atoms with van der Waals surface area (Å²) >= 11 is 0. The lowest BCUT2D eigenvalue weighted by molar-refractivity contribution is -0.150. The number of carbonyl (C=O) groups excluding carboxylic acids is 3. The van der Waals surface area contributed by atoms with E-state index in [1.54, 1.807) is 13.8 Å². The molecule has 1 rings (SSSR count). The molecule has 0 aromatic carbocycles. The van der Waals surface area contributed by atoms with Gasteiger partial charge in [-0.2, -0.15) is 0 Å². The maximum absolute atomic E-state index is 12.1. The van der Waals surface area contributed by atoms with E-state index < -0.39 is 11.7 Å². The van der Waals surface area contributed by atoms with Crippen LogP contribution in [0, 0.1) is 0 Å². The Bertz CT molecular complexity index is 646. The Morgan fingerprint density at radius 3 is 2.41 bits per heavy atom. The van der Waals surface area contributed by atoms with Gasteiger partial charge in [-0.3, -0.25) is 9.59 Å². The number of hydrogen-bond acceptors (Lipinski definition) is 6. The van der Waals surface area contributed by atoms with Gasteiger partial charge in [0.15, 0.2) is 0 Å². The molecule has 0 saturated carbocycles. The van der Waals surface area contributed by atoms with Gasteiger partial charge in [0, 0.05) is 18.6 Å². The molecule has 7 nitrogen and oxygen atoms in total. The van der Waals surface area contributed by atoms with Crippen molar-refractivity contribution >= 4 is 17.8 Å². The molecule has 0 aliphatic carbocycles. The van der Waals surface area contributed by atoms with Crippen LogP contribution in [0.25, 0.3) is 0 Å². The molecule has 1 aliphatic rings. The van der Waals surface area contributed by atoms with E-state index in [0.717, 1.165) is 12.8 Å². The van der Waals surface area contributed by atoms with Gasteiger partial charge >= 0.3 is 11.9 Å². The lowest BCUT2D eigenvalue weighted by atomic mass is 9.97. The number of esters is 2. The van der Waals surface area contributed by atoms with Crippen molar-refractivity contribution in [3.05, 3.63) is 23.8 Å². The number of carbonyl (C=O) groups is 3. The van der Waals surface area contributed by atoms with Crippen molar-refractivity contribution in [2.75, 3.05) is 0 Å². The lowest BCUT2D eigenvalue weighted by Gasteiger charge is -2.34. The van der Waals surface area contributed by atoms with Gasteiger partial charge in [-0.15, -0.1) is 0 Å². The largest absolute Gasteiger partial charge is 0.459 e.